The third kappa shape index (κ3) is 6.06. The number of carbonyl (C=O) groups excluding carboxylic acids is 2. The Balaban J connectivity index is 1.41. The highest BCUT2D eigenvalue weighted by molar-refractivity contribution is 6.44. The van der Waals surface area contributed by atoms with Crippen LogP contribution in [0.4, 0.5) is 20.7 Å². The Kier molecular flexibility index (Phi) is 7.83. The second kappa shape index (κ2) is 11.4. The van der Waals surface area contributed by atoms with Crippen molar-refractivity contribution in [3.05, 3.63) is 94.2 Å². The molecule has 1 aliphatic heterocycles. The van der Waals surface area contributed by atoms with Gasteiger partial charge in [0.25, 0.3) is 0 Å². The van der Waals surface area contributed by atoms with Gasteiger partial charge in [-0.25, -0.2) is 13.9 Å². The lowest BCUT2D eigenvalue weighted by molar-refractivity contribution is -0.129. The lowest BCUT2D eigenvalue weighted by Crippen LogP contribution is -2.30. The first-order valence-corrected chi connectivity index (χ1v) is 13.0. The maximum atomic E-state index is 14.6. The summed E-state index contributed by atoms with van der Waals surface area (Å²) >= 11 is 12.2. The largest absolute Gasteiger partial charge is 0.391 e. The van der Waals surface area contributed by atoms with Crippen molar-refractivity contribution in [1.29, 1.82) is 0 Å². The van der Waals surface area contributed by atoms with Gasteiger partial charge in [0.15, 0.2) is 0 Å². The van der Waals surface area contributed by atoms with Crippen LogP contribution in [-0.4, -0.2) is 50.9 Å². The number of likely N-dealkylation sites (tertiary alicyclic amines) is 1. The van der Waals surface area contributed by atoms with Crippen LogP contribution in [0.5, 0.6) is 0 Å². The minimum absolute atomic E-state index is 0.0565. The first kappa shape index (κ1) is 26.7. The Labute approximate surface area is 234 Å². The summed E-state index contributed by atoms with van der Waals surface area (Å²) in [6, 6.07) is 19.2. The van der Waals surface area contributed by atoms with E-state index in [0.29, 0.717) is 41.6 Å². The zero-order valence-electron chi connectivity index (χ0n) is 20.6. The van der Waals surface area contributed by atoms with Crippen LogP contribution in [0.2, 0.25) is 10.0 Å². The van der Waals surface area contributed by atoms with Gasteiger partial charge in [0.1, 0.15) is 11.6 Å². The second-order valence-corrected chi connectivity index (χ2v) is 9.90. The molecule has 0 bridgehead atoms. The zero-order valence-corrected chi connectivity index (χ0v) is 22.1. The number of rotatable bonds is 6. The molecule has 0 unspecified atom stereocenters. The maximum absolute atomic E-state index is 14.6. The number of β-amino-alcohol motifs (C(OH)–C–C–N with tert-alkyl or cyclic N) is 1. The van der Waals surface area contributed by atoms with Crippen LogP contribution in [0.3, 0.4) is 0 Å². The van der Waals surface area contributed by atoms with Crippen molar-refractivity contribution < 1.29 is 19.1 Å². The first-order chi connectivity index (χ1) is 18.8. The molecule has 0 radical (unpaired) electrons. The van der Waals surface area contributed by atoms with E-state index in [0.717, 1.165) is 5.56 Å². The van der Waals surface area contributed by atoms with Crippen LogP contribution < -0.4 is 10.6 Å². The molecule has 200 valence electrons. The number of hydrogen-bond donors (Lipinski definition) is 3. The quantitative estimate of drug-likeness (QED) is 0.275. The van der Waals surface area contributed by atoms with E-state index >= 15 is 0 Å². The SMILES string of the molecule is O=C(Nc1cccc(Cl)c1Cl)Nc1cc(-c2ccccc2F)nn1-c1ccc(CC(=O)N2CC[C@H](O)C2)cc1. The molecule has 0 aliphatic carbocycles. The molecule has 1 saturated heterocycles. The predicted molar refractivity (Wildman–Crippen MR) is 149 cm³/mol. The number of aliphatic hydroxyl groups excluding tert-OH is 1. The van der Waals surface area contributed by atoms with Gasteiger partial charge in [-0.1, -0.05) is 53.5 Å². The van der Waals surface area contributed by atoms with Crippen molar-refractivity contribution in [2.75, 3.05) is 23.7 Å². The van der Waals surface area contributed by atoms with E-state index in [-0.39, 0.29) is 28.7 Å². The molecule has 2 heterocycles. The molecule has 0 spiro atoms. The number of aromatic nitrogens is 2. The van der Waals surface area contributed by atoms with E-state index in [1.165, 1.54) is 10.7 Å². The molecule has 1 fully saturated rings. The summed E-state index contributed by atoms with van der Waals surface area (Å²) in [5.41, 5.74) is 2.28. The second-order valence-electron chi connectivity index (χ2n) is 9.11. The third-order valence-corrected chi connectivity index (χ3v) is 7.17. The molecule has 1 atom stereocenters. The smallest absolute Gasteiger partial charge is 0.324 e. The van der Waals surface area contributed by atoms with Crippen molar-refractivity contribution in [2.45, 2.75) is 18.9 Å². The van der Waals surface area contributed by atoms with E-state index in [9.17, 15) is 19.1 Å². The highest BCUT2D eigenvalue weighted by Crippen LogP contribution is 2.30. The number of carbonyl (C=O) groups is 2. The summed E-state index contributed by atoms with van der Waals surface area (Å²) in [5.74, 6) is -0.234. The average molecular weight is 568 g/mol. The number of amides is 3. The van der Waals surface area contributed by atoms with Crippen LogP contribution in [0.25, 0.3) is 16.9 Å². The van der Waals surface area contributed by atoms with Gasteiger partial charge in [0, 0.05) is 24.7 Å². The van der Waals surface area contributed by atoms with Gasteiger partial charge in [-0.3, -0.25) is 10.1 Å². The Morgan fingerprint density at radius 3 is 2.51 bits per heavy atom. The average Bonchev–Trinajstić information content (AvgIpc) is 3.54. The van der Waals surface area contributed by atoms with E-state index < -0.39 is 18.0 Å². The molecule has 4 aromatic rings. The van der Waals surface area contributed by atoms with Crippen LogP contribution in [-0.2, 0) is 11.2 Å². The fourth-order valence-electron chi connectivity index (χ4n) is 4.35. The lowest BCUT2D eigenvalue weighted by Gasteiger charge is -2.15. The number of nitrogens with one attached hydrogen (secondary N) is 2. The number of halogens is 3. The fourth-order valence-corrected chi connectivity index (χ4v) is 4.70. The number of nitrogens with zero attached hydrogens (tertiary/aromatic N) is 3. The maximum Gasteiger partial charge on any atom is 0.324 e. The third-order valence-electron chi connectivity index (χ3n) is 6.35. The highest BCUT2D eigenvalue weighted by Gasteiger charge is 2.24. The molecule has 3 amide bonds. The Morgan fingerprint density at radius 1 is 1.03 bits per heavy atom. The standard InChI is InChI=1S/C28H24Cl2FN5O3/c29-21-5-3-7-23(27(21)30)32-28(39)33-25-15-24(20-4-1-2-6-22(20)31)34-36(25)18-10-8-17(9-11-18)14-26(38)35-13-12-19(37)16-35/h1-11,15,19,37H,12-14,16H2,(H2,32,33,39)/t19-/m0/s1. The molecular formula is C28H24Cl2FN5O3. The molecule has 0 saturated carbocycles. The molecule has 8 nitrogen and oxygen atoms in total. The molecule has 11 heteroatoms. The first-order valence-electron chi connectivity index (χ1n) is 12.2. The number of anilines is 2. The van der Waals surface area contributed by atoms with E-state index in [4.69, 9.17) is 23.2 Å². The molecule has 1 aliphatic rings. The summed E-state index contributed by atoms with van der Waals surface area (Å²) < 4.78 is 16.0. The van der Waals surface area contributed by atoms with Crippen molar-refractivity contribution in [2.24, 2.45) is 0 Å². The van der Waals surface area contributed by atoms with Crippen molar-refractivity contribution in [3.8, 4) is 16.9 Å². The van der Waals surface area contributed by atoms with Gasteiger partial charge in [-0.05, 0) is 48.4 Å². The fraction of sp³-hybridized carbons (Fsp3) is 0.179. The van der Waals surface area contributed by atoms with E-state index in [1.54, 1.807) is 71.6 Å². The molecule has 1 aromatic heterocycles. The molecule has 3 N–H and O–H groups in total. The summed E-state index contributed by atoms with van der Waals surface area (Å²) in [5, 5.41) is 20.1. The number of hydrogen-bond acceptors (Lipinski definition) is 4. The number of urea groups is 1. The Bertz CT molecular complexity index is 1530. The van der Waals surface area contributed by atoms with E-state index in [1.807, 2.05) is 0 Å². The van der Waals surface area contributed by atoms with Crippen molar-refractivity contribution in [1.82, 2.24) is 14.7 Å². The van der Waals surface area contributed by atoms with Gasteiger partial charge in [0.05, 0.1) is 39.6 Å². The normalized spacial score (nSPS) is 14.9. The van der Waals surface area contributed by atoms with E-state index in [2.05, 4.69) is 15.7 Å². The molecule has 5 rings (SSSR count). The zero-order chi connectivity index (χ0) is 27.5. The Morgan fingerprint density at radius 2 is 1.79 bits per heavy atom. The lowest BCUT2D eigenvalue weighted by atomic mass is 10.1. The molecule has 3 aromatic carbocycles. The highest BCUT2D eigenvalue weighted by atomic mass is 35.5. The summed E-state index contributed by atoms with van der Waals surface area (Å²) in [6.45, 7) is 0.891. The van der Waals surface area contributed by atoms with Crippen LogP contribution in [0, 0.1) is 5.82 Å². The summed E-state index contributed by atoms with van der Waals surface area (Å²) in [7, 11) is 0. The topological polar surface area (TPSA) is 99.5 Å². The van der Waals surface area contributed by atoms with Crippen molar-refractivity contribution in [3.63, 3.8) is 0 Å². The van der Waals surface area contributed by atoms with Gasteiger partial charge in [0.2, 0.25) is 5.91 Å². The number of aliphatic hydroxyl groups is 1. The van der Waals surface area contributed by atoms with Gasteiger partial charge in [-0.15, -0.1) is 0 Å². The monoisotopic (exact) mass is 567 g/mol. The summed E-state index contributed by atoms with van der Waals surface area (Å²) in [4.78, 5) is 27.1. The van der Waals surface area contributed by atoms with Crippen LogP contribution in [0.15, 0.2) is 72.8 Å². The molecular weight excluding hydrogens is 544 g/mol. The minimum atomic E-state index is -0.601. The van der Waals surface area contributed by atoms with Gasteiger partial charge in [-0.2, -0.15) is 5.10 Å². The Hall–Kier alpha value is -3.92. The van der Waals surface area contributed by atoms with Gasteiger partial charge < -0.3 is 15.3 Å². The van der Waals surface area contributed by atoms with Gasteiger partial charge >= 0.3 is 6.03 Å². The van der Waals surface area contributed by atoms with Crippen molar-refractivity contribution >= 4 is 46.6 Å². The number of benzene rings is 3. The summed E-state index contributed by atoms with van der Waals surface area (Å²) in [6.07, 6.45) is 0.305. The minimum Gasteiger partial charge on any atom is -0.391 e. The van der Waals surface area contributed by atoms with Crippen LogP contribution >= 0.6 is 23.2 Å². The predicted octanol–water partition coefficient (Wildman–Crippen LogP) is 5.76. The molecule has 39 heavy (non-hydrogen) atoms. The van der Waals surface area contributed by atoms with Crippen LogP contribution in [0.1, 0.15) is 12.0 Å².